The molecular weight excluding hydrogens is 322 g/mol. The van der Waals surface area contributed by atoms with Gasteiger partial charge in [-0.05, 0) is 12.1 Å². The number of primary sulfonamides is 1. The Bertz CT molecular complexity index is 679. The maximum absolute atomic E-state index is 11.7. The van der Waals surface area contributed by atoms with Gasteiger partial charge in [0.05, 0.1) is 5.75 Å². The molecule has 1 aromatic heterocycles. The molecule has 21 heavy (non-hydrogen) atoms. The second kappa shape index (κ2) is 5.87. The van der Waals surface area contributed by atoms with Crippen LogP contribution in [0, 0.1) is 0 Å². The van der Waals surface area contributed by atoms with Crippen LogP contribution in [0.15, 0.2) is 21.6 Å². The molecule has 114 valence electrons. The van der Waals surface area contributed by atoms with Gasteiger partial charge in [-0.25, -0.2) is 13.6 Å². The normalized spacial score (nSPS) is 15.6. The molecule has 3 N–H and O–H groups in total. The summed E-state index contributed by atoms with van der Waals surface area (Å²) in [5, 5.41) is 6.38. The molecule has 1 fully saturated rings. The monoisotopic (exact) mass is 333 g/mol. The molecule has 0 unspecified atom stereocenters. The van der Waals surface area contributed by atoms with E-state index < -0.39 is 21.0 Å². The van der Waals surface area contributed by atoms with E-state index in [1.807, 2.05) is 0 Å². The average molecular weight is 333 g/mol. The van der Waals surface area contributed by atoms with Crippen LogP contribution in [0.4, 0.5) is 4.79 Å². The Balaban J connectivity index is 1.89. The zero-order valence-corrected chi connectivity index (χ0v) is 12.2. The first-order chi connectivity index (χ1) is 9.79. The largest absolute Gasteiger partial charge is 0.438 e. The van der Waals surface area contributed by atoms with E-state index in [9.17, 15) is 22.8 Å². The molecule has 0 bridgehead atoms. The zero-order valence-electron chi connectivity index (χ0n) is 10.6. The minimum Gasteiger partial charge on any atom is -0.438 e. The molecule has 2 rings (SSSR count). The Labute approximate surface area is 123 Å². The lowest BCUT2D eigenvalue weighted by atomic mass is 10.4. The highest BCUT2D eigenvalue weighted by Gasteiger charge is 2.29. The van der Waals surface area contributed by atoms with Crippen molar-refractivity contribution >= 4 is 38.8 Å². The number of sulfonamides is 1. The molecule has 1 aromatic rings. The number of carbonyl (C=O) groups excluding carboxylic acids is 3. The van der Waals surface area contributed by atoms with Crippen LogP contribution >= 0.6 is 11.8 Å². The topological polar surface area (TPSA) is 140 Å². The number of furan rings is 1. The average Bonchev–Trinajstić information content (AvgIpc) is 2.99. The molecular formula is C10H11N3O6S2. The quantitative estimate of drug-likeness (QED) is 0.729. The van der Waals surface area contributed by atoms with Crippen LogP contribution < -0.4 is 10.5 Å². The third-order valence-corrected chi connectivity index (χ3v) is 4.19. The van der Waals surface area contributed by atoms with Crippen LogP contribution in [0.25, 0.3) is 0 Å². The van der Waals surface area contributed by atoms with Crippen molar-refractivity contribution in [2.45, 2.75) is 5.09 Å². The number of nitrogens with one attached hydrogen (secondary N) is 1. The van der Waals surface area contributed by atoms with Crippen molar-refractivity contribution in [3.63, 3.8) is 0 Å². The summed E-state index contributed by atoms with van der Waals surface area (Å²) in [6, 6.07) is 2.23. The van der Waals surface area contributed by atoms with Crippen molar-refractivity contribution < 1.29 is 27.2 Å². The summed E-state index contributed by atoms with van der Waals surface area (Å²) in [7, 11) is -4.01. The number of nitrogens with two attached hydrogens (primary N) is 1. The SMILES string of the molecule is NS(=O)(=O)c1ccc(C(=O)NCCN2C(=O)CSC2=O)o1. The molecule has 0 spiro atoms. The number of rotatable bonds is 5. The number of hydrogen-bond acceptors (Lipinski definition) is 7. The van der Waals surface area contributed by atoms with E-state index in [2.05, 4.69) is 5.32 Å². The van der Waals surface area contributed by atoms with Gasteiger partial charge in [-0.1, -0.05) is 11.8 Å². The fraction of sp³-hybridized carbons (Fsp3) is 0.300. The van der Waals surface area contributed by atoms with Gasteiger partial charge in [0.15, 0.2) is 5.76 Å². The van der Waals surface area contributed by atoms with Gasteiger partial charge < -0.3 is 9.73 Å². The molecule has 9 nitrogen and oxygen atoms in total. The highest BCUT2D eigenvalue weighted by atomic mass is 32.2. The molecule has 0 saturated carbocycles. The Hall–Kier alpha value is -1.85. The first-order valence-electron chi connectivity index (χ1n) is 5.67. The maximum Gasteiger partial charge on any atom is 0.288 e. The van der Waals surface area contributed by atoms with Crippen molar-refractivity contribution in [2.75, 3.05) is 18.8 Å². The van der Waals surface area contributed by atoms with E-state index in [-0.39, 0.29) is 35.7 Å². The fourth-order valence-electron chi connectivity index (χ4n) is 1.56. The standard InChI is InChI=1S/C10H11N3O6S2/c11-21(17,18)8-2-1-6(19-8)9(15)12-3-4-13-7(14)5-20-10(13)16/h1-2H,3-5H2,(H,12,15)(H2,11,17,18). The van der Waals surface area contributed by atoms with E-state index in [1.54, 1.807) is 0 Å². The molecule has 3 amide bonds. The number of amides is 3. The molecule has 0 radical (unpaired) electrons. The number of hydrogen-bond donors (Lipinski definition) is 2. The molecule has 11 heteroatoms. The summed E-state index contributed by atoms with van der Waals surface area (Å²) < 4.78 is 26.8. The third kappa shape index (κ3) is 3.62. The molecule has 0 aliphatic carbocycles. The zero-order chi connectivity index (χ0) is 15.6. The van der Waals surface area contributed by atoms with Crippen LogP contribution in [0.5, 0.6) is 0 Å². The summed E-state index contributed by atoms with van der Waals surface area (Å²) in [6.07, 6.45) is 0. The third-order valence-electron chi connectivity index (χ3n) is 2.55. The van der Waals surface area contributed by atoms with E-state index in [0.29, 0.717) is 0 Å². The summed E-state index contributed by atoms with van der Waals surface area (Å²) in [5.74, 6) is -1.11. The number of thioether (sulfide) groups is 1. The molecule has 1 saturated heterocycles. The minimum absolute atomic E-state index is 0.0300. The van der Waals surface area contributed by atoms with Crippen LogP contribution in [-0.4, -0.2) is 49.2 Å². The smallest absolute Gasteiger partial charge is 0.288 e. The molecule has 1 aliphatic rings. The van der Waals surface area contributed by atoms with E-state index in [1.165, 1.54) is 0 Å². The number of nitrogens with zero attached hydrogens (tertiary/aromatic N) is 1. The van der Waals surface area contributed by atoms with Crippen molar-refractivity contribution in [1.82, 2.24) is 10.2 Å². The van der Waals surface area contributed by atoms with Crippen LogP contribution in [0.2, 0.25) is 0 Å². The fourth-order valence-corrected chi connectivity index (χ4v) is 2.78. The van der Waals surface area contributed by atoms with Gasteiger partial charge in [0.25, 0.3) is 21.2 Å². The Morgan fingerprint density at radius 2 is 2.14 bits per heavy atom. The van der Waals surface area contributed by atoms with Gasteiger partial charge >= 0.3 is 0 Å². The first kappa shape index (κ1) is 15.5. The van der Waals surface area contributed by atoms with Gasteiger partial charge in [-0.15, -0.1) is 0 Å². The second-order valence-electron chi connectivity index (χ2n) is 4.02. The first-order valence-corrected chi connectivity index (χ1v) is 8.20. The second-order valence-corrected chi connectivity index (χ2v) is 6.44. The highest BCUT2D eigenvalue weighted by Crippen LogP contribution is 2.17. The molecule has 0 aromatic carbocycles. The Morgan fingerprint density at radius 1 is 1.43 bits per heavy atom. The molecule has 2 heterocycles. The lowest BCUT2D eigenvalue weighted by Crippen LogP contribution is -2.37. The van der Waals surface area contributed by atoms with Crippen LogP contribution in [0.3, 0.4) is 0 Å². The van der Waals surface area contributed by atoms with Gasteiger partial charge in [0.1, 0.15) is 0 Å². The molecule has 1 aliphatic heterocycles. The van der Waals surface area contributed by atoms with Gasteiger partial charge in [0, 0.05) is 13.1 Å². The van der Waals surface area contributed by atoms with Crippen LogP contribution in [-0.2, 0) is 14.8 Å². The van der Waals surface area contributed by atoms with Crippen molar-refractivity contribution in [3.05, 3.63) is 17.9 Å². The summed E-state index contributed by atoms with van der Waals surface area (Å²) in [4.78, 5) is 35.3. The van der Waals surface area contributed by atoms with Crippen molar-refractivity contribution in [2.24, 2.45) is 5.14 Å². The van der Waals surface area contributed by atoms with Crippen LogP contribution in [0.1, 0.15) is 10.6 Å². The number of imide groups is 1. The molecule has 0 atom stereocenters. The predicted molar refractivity (Wildman–Crippen MR) is 72.0 cm³/mol. The van der Waals surface area contributed by atoms with E-state index in [4.69, 9.17) is 9.56 Å². The lowest BCUT2D eigenvalue weighted by Gasteiger charge is -2.12. The Morgan fingerprint density at radius 3 is 2.67 bits per heavy atom. The minimum atomic E-state index is -4.01. The number of carbonyl (C=O) groups is 3. The van der Waals surface area contributed by atoms with E-state index in [0.717, 1.165) is 28.8 Å². The Kier molecular flexibility index (Phi) is 4.34. The highest BCUT2D eigenvalue weighted by molar-refractivity contribution is 8.14. The summed E-state index contributed by atoms with van der Waals surface area (Å²) in [6.45, 7) is 0.0709. The van der Waals surface area contributed by atoms with Gasteiger partial charge in [-0.3, -0.25) is 19.3 Å². The summed E-state index contributed by atoms with van der Waals surface area (Å²) >= 11 is 0.900. The van der Waals surface area contributed by atoms with E-state index >= 15 is 0 Å². The van der Waals surface area contributed by atoms with Gasteiger partial charge in [-0.2, -0.15) is 0 Å². The maximum atomic E-state index is 11.7. The van der Waals surface area contributed by atoms with Crippen molar-refractivity contribution in [3.8, 4) is 0 Å². The predicted octanol–water partition coefficient (Wildman–Crippen LogP) is -0.648. The van der Waals surface area contributed by atoms with Crippen molar-refractivity contribution in [1.29, 1.82) is 0 Å². The summed E-state index contributed by atoms with van der Waals surface area (Å²) in [5.41, 5.74) is 0. The van der Waals surface area contributed by atoms with Gasteiger partial charge in [0.2, 0.25) is 11.0 Å². The lowest BCUT2D eigenvalue weighted by molar-refractivity contribution is -0.124.